The molecule has 1 amide bonds. The van der Waals surface area contributed by atoms with Crippen LogP contribution in [0.1, 0.15) is 32.7 Å². The molecule has 0 saturated carbocycles. The van der Waals surface area contributed by atoms with Crippen molar-refractivity contribution < 1.29 is 19.0 Å². The second-order valence-corrected chi connectivity index (χ2v) is 8.33. The van der Waals surface area contributed by atoms with E-state index < -0.39 is 11.9 Å². The van der Waals surface area contributed by atoms with Crippen LogP contribution < -0.4 is 10.1 Å². The van der Waals surface area contributed by atoms with E-state index in [-0.39, 0.29) is 23.2 Å². The minimum absolute atomic E-state index is 0.00484. The fraction of sp³-hybridized carbons (Fsp3) is 0.318. The molecular formula is C22H25FN4O3S. The summed E-state index contributed by atoms with van der Waals surface area (Å²) in [5.41, 5.74) is 0.351. The van der Waals surface area contributed by atoms with Gasteiger partial charge in [-0.25, -0.2) is 4.39 Å². The molecule has 2 aromatic carbocycles. The van der Waals surface area contributed by atoms with Crippen molar-refractivity contribution in [3.05, 3.63) is 60.2 Å². The van der Waals surface area contributed by atoms with Crippen LogP contribution in [0, 0.1) is 11.7 Å². The van der Waals surface area contributed by atoms with Crippen LogP contribution in [-0.2, 0) is 11.3 Å². The first-order chi connectivity index (χ1) is 14.8. The van der Waals surface area contributed by atoms with Crippen molar-refractivity contribution in [2.45, 2.75) is 38.6 Å². The number of phenols is 1. The average Bonchev–Trinajstić information content (AvgIpc) is 3.12. The SMILES string of the molecule is CC(C)Cn1c(SCC(=O)Nc2ccccc2O)nnc1C(C)Oc1ccccc1F. The smallest absolute Gasteiger partial charge is 0.234 e. The van der Waals surface area contributed by atoms with E-state index in [0.717, 1.165) is 0 Å². The van der Waals surface area contributed by atoms with Crippen LogP contribution in [0.4, 0.5) is 10.1 Å². The zero-order valence-corrected chi connectivity index (χ0v) is 18.4. The van der Waals surface area contributed by atoms with Gasteiger partial charge < -0.3 is 19.7 Å². The van der Waals surface area contributed by atoms with Crippen LogP contribution in [0.25, 0.3) is 0 Å². The van der Waals surface area contributed by atoms with E-state index in [0.29, 0.717) is 29.1 Å². The highest BCUT2D eigenvalue weighted by Gasteiger charge is 2.22. The van der Waals surface area contributed by atoms with Crippen molar-refractivity contribution in [3.63, 3.8) is 0 Å². The Morgan fingerprint density at radius 1 is 1.16 bits per heavy atom. The molecule has 0 fully saturated rings. The van der Waals surface area contributed by atoms with E-state index in [2.05, 4.69) is 29.4 Å². The number of anilines is 1. The molecule has 0 spiro atoms. The number of rotatable bonds is 9. The lowest BCUT2D eigenvalue weighted by molar-refractivity contribution is -0.113. The molecule has 0 aliphatic carbocycles. The molecule has 0 bridgehead atoms. The predicted octanol–water partition coefficient (Wildman–Crippen LogP) is 4.65. The molecule has 0 aliphatic heterocycles. The number of carbonyl (C=O) groups excluding carboxylic acids is 1. The third kappa shape index (κ3) is 5.97. The number of benzene rings is 2. The number of nitrogens with one attached hydrogen (secondary N) is 1. The maximum atomic E-state index is 14.0. The molecule has 1 atom stereocenters. The summed E-state index contributed by atoms with van der Waals surface area (Å²) in [4.78, 5) is 12.3. The monoisotopic (exact) mass is 444 g/mol. The van der Waals surface area contributed by atoms with Crippen LogP contribution in [0.15, 0.2) is 53.7 Å². The normalized spacial score (nSPS) is 12.0. The van der Waals surface area contributed by atoms with Crippen molar-refractivity contribution in [1.82, 2.24) is 14.8 Å². The Kier molecular flexibility index (Phi) is 7.51. The van der Waals surface area contributed by atoms with E-state index >= 15 is 0 Å². The number of carbonyl (C=O) groups is 1. The van der Waals surface area contributed by atoms with Gasteiger partial charge in [0, 0.05) is 6.54 Å². The van der Waals surface area contributed by atoms with Gasteiger partial charge >= 0.3 is 0 Å². The van der Waals surface area contributed by atoms with Gasteiger partial charge in [-0.05, 0) is 37.1 Å². The number of amides is 1. The van der Waals surface area contributed by atoms with E-state index in [4.69, 9.17) is 4.74 Å². The van der Waals surface area contributed by atoms with Crippen molar-refractivity contribution in [3.8, 4) is 11.5 Å². The number of nitrogens with zero attached hydrogens (tertiary/aromatic N) is 3. The molecule has 0 saturated heterocycles. The first-order valence-electron chi connectivity index (χ1n) is 9.90. The number of aromatic hydroxyl groups is 1. The molecule has 7 nitrogen and oxygen atoms in total. The van der Waals surface area contributed by atoms with Crippen molar-refractivity contribution >= 4 is 23.4 Å². The Bertz CT molecular complexity index is 1040. The fourth-order valence-electron chi connectivity index (χ4n) is 2.92. The summed E-state index contributed by atoms with van der Waals surface area (Å²) in [5, 5.41) is 21.5. The highest BCUT2D eigenvalue weighted by molar-refractivity contribution is 7.99. The predicted molar refractivity (Wildman–Crippen MR) is 118 cm³/mol. The van der Waals surface area contributed by atoms with E-state index in [1.807, 2.05) is 4.57 Å². The lowest BCUT2D eigenvalue weighted by Crippen LogP contribution is -2.17. The molecule has 31 heavy (non-hydrogen) atoms. The summed E-state index contributed by atoms with van der Waals surface area (Å²) >= 11 is 1.24. The molecule has 2 N–H and O–H groups in total. The molecule has 1 aromatic heterocycles. The molecule has 164 valence electrons. The van der Waals surface area contributed by atoms with Gasteiger partial charge in [-0.3, -0.25) is 4.79 Å². The summed E-state index contributed by atoms with van der Waals surface area (Å²) in [5.74, 6) is 0.371. The average molecular weight is 445 g/mol. The fourth-order valence-corrected chi connectivity index (χ4v) is 3.68. The van der Waals surface area contributed by atoms with Gasteiger partial charge in [0.1, 0.15) is 5.75 Å². The van der Waals surface area contributed by atoms with Crippen LogP contribution in [0.3, 0.4) is 0 Å². The second-order valence-electron chi connectivity index (χ2n) is 7.39. The quantitative estimate of drug-likeness (QED) is 0.369. The zero-order chi connectivity index (χ0) is 22.4. The number of thioether (sulfide) groups is 1. The minimum atomic E-state index is -0.535. The summed E-state index contributed by atoms with van der Waals surface area (Å²) in [6.07, 6.45) is -0.535. The highest BCUT2D eigenvalue weighted by Crippen LogP contribution is 2.27. The van der Waals surface area contributed by atoms with Crippen LogP contribution >= 0.6 is 11.8 Å². The van der Waals surface area contributed by atoms with Gasteiger partial charge in [-0.15, -0.1) is 10.2 Å². The maximum absolute atomic E-state index is 14.0. The Hall–Kier alpha value is -3.07. The largest absolute Gasteiger partial charge is 0.506 e. The first-order valence-corrected chi connectivity index (χ1v) is 10.9. The number of para-hydroxylation sites is 3. The molecule has 1 heterocycles. The van der Waals surface area contributed by atoms with E-state index in [1.165, 1.54) is 23.9 Å². The number of phenolic OH excluding ortho intramolecular Hbond substituents is 1. The number of ether oxygens (including phenoxy) is 1. The van der Waals surface area contributed by atoms with Gasteiger partial charge in [-0.1, -0.05) is 49.9 Å². The number of aromatic nitrogens is 3. The summed E-state index contributed by atoms with van der Waals surface area (Å²) in [6.45, 7) is 6.53. The molecule has 0 radical (unpaired) electrons. The lowest BCUT2D eigenvalue weighted by Gasteiger charge is -2.18. The van der Waals surface area contributed by atoms with Gasteiger partial charge in [0.05, 0.1) is 11.4 Å². The standard InChI is InChI=1S/C22H25FN4O3S/c1-14(2)12-27-21(15(3)30-19-11-7-4-8-16(19)23)25-26-22(27)31-13-20(29)24-17-9-5-6-10-18(17)28/h4-11,14-15,28H,12-13H2,1-3H3,(H,24,29). The lowest BCUT2D eigenvalue weighted by atomic mass is 10.2. The number of hydrogen-bond acceptors (Lipinski definition) is 6. The Balaban J connectivity index is 1.72. The Labute approximate surface area is 184 Å². The summed E-state index contributed by atoms with van der Waals surface area (Å²) in [6, 6.07) is 12.7. The zero-order valence-electron chi connectivity index (χ0n) is 17.6. The van der Waals surface area contributed by atoms with Gasteiger partial charge in [-0.2, -0.15) is 0 Å². The third-order valence-corrected chi connectivity index (χ3v) is 5.27. The Morgan fingerprint density at radius 2 is 1.87 bits per heavy atom. The summed E-state index contributed by atoms with van der Waals surface area (Å²) in [7, 11) is 0. The van der Waals surface area contributed by atoms with Gasteiger partial charge in [0.2, 0.25) is 5.91 Å². The van der Waals surface area contributed by atoms with Crippen LogP contribution in [0.5, 0.6) is 11.5 Å². The molecule has 0 aliphatic rings. The second kappa shape index (κ2) is 10.3. The number of hydrogen-bond donors (Lipinski definition) is 2. The molecule has 3 rings (SSSR count). The highest BCUT2D eigenvalue weighted by atomic mass is 32.2. The van der Waals surface area contributed by atoms with E-state index in [9.17, 15) is 14.3 Å². The molecule has 9 heteroatoms. The number of halogens is 1. The molecule has 3 aromatic rings. The maximum Gasteiger partial charge on any atom is 0.234 e. The minimum Gasteiger partial charge on any atom is -0.506 e. The first kappa shape index (κ1) is 22.6. The van der Waals surface area contributed by atoms with Crippen molar-refractivity contribution in [1.29, 1.82) is 0 Å². The molecular weight excluding hydrogens is 419 g/mol. The third-order valence-electron chi connectivity index (χ3n) is 4.31. The summed E-state index contributed by atoms with van der Waals surface area (Å²) < 4.78 is 21.6. The molecule has 1 unspecified atom stereocenters. The van der Waals surface area contributed by atoms with Crippen LogP contribution in [0.2, 0.25) is 0 Å². The Morgan fingerprint density at radius 3 is 2.58 bits per heavy atom. The van der Waals surface area contributed by atoms with E-state index in [1.54, 1.807) is 43.3 Å². The van der Waals surface area contributed by atoms with Crippen molar-refractivity contribution in [2.24, 2.45) is 5.92 Å². The van der Waals surface area contributed by atoms with Crippen LogP contribution in [-0.4, -0.2) is 31.5 Å². The van der Waals surface area contributed by atoms with Crippen molar-refractivity contribution in [2.75, 3.05) is 11.1 Å². The topological polar surface area (TPSA) is 89.3 Å². The van der Waals surface area contributed by atoms with Gasteiger partial charge in [0.25, 0.3) is 0 Å². The van der Waals surface area contributed by atoms with Gasteiger partial charge in [0.15, 0.2) is 28.7 Å².